The highest BCUT2D eigenvalue weighted by molar-refractivity contribution is 5.86. The number of aliphatic hydroxyl groups is 2. The molecule has 0 heterocycles. The molecule has 0 spiro atoms. The molecule has 0 unspecified atom stereocenters. The normalized spacial score (nSPS) is 13.6. The molecule has 4 N–H and O–H groups in total. The summed E-state index contributed by atoms with van der Waals surface area (Å²) in [5.74, 6) is -1.20. The lowest BCUT2D eigenvalue weighted by Crippen LogP contribution is -2.45. The van der Waals surface area contributed by atoms with Gasteiger partial charge in [0.05, 0.1) is 31.2 Å². The summed E-state index contributed by atoms with van der Waals surface area (Å²) in [5.41, 5.74) is 2.01. The SMILES string of the molecule is C=CC[C@H](CC(=O)N[C@H](CO)Cc1ccccc1)C(=O)N[C@@H](CO)Cc1ccccc1. The van der Waals surface area contributed by atoms with Gasteiger partial charge in [-0.25, -0.2) is 0 Å². The average molecular weight is 425 g/mol. The number of carbonyl (C=O) groups excluding carboxylic acids is 2. The third kappa shape index (κ3) is 8.74. The molecule has 0 radical (unpaired) electrons. The van der Waals surface area contributed by atoms with Crippen LogP contribution in [0.4, 0.5) is 0 Å². The average Bonchev–Trinajstić information content (AvgIpc) is 2.79. The van der Waals surface area contributed by atoms with Gasteiger partial charge in [0.2, 0.25) is 11.8 Å². The number of hydrogen-bond donors (Lipinski definition) is 4. The summed E-state index contributed by atoms with van der Waals surface area (Å²) in [4.78, 5) is 25.3. The number of amides is 2. The van der Waals surface area contributed by atoms with Crippen molar-refractivity contribution in [3.63, 3.8) is 0 Å². The van der Waals surface area contributed by atoms with Crippen LogP contribution in [0.25, 0.3) is 0 Å². The van der Waals surface area contributed by atoms with E-state index in [1.165, 1.54) is 0 Å². The second-order valence-corrected chi connectivity index (χ2v) is 7.64. The Morgan fingerprint density at radius 3 is 1.77 bits per heavy atom. The Morgan fingerprint density at radius 2 is 1.32 bits per heavy atom. The van der Waals surface area contributed by atoms with Crippen LogP contribution in [0.3, 0.4) is 0 Å². The lowest BCUT2D eigenvalue weighted by Gasteiger charge is -2.22. The van der Waals surface area contributed by atoms with E-state index in [4.69, 9.17) is 0 Å². The van der Waals surface area contributed by atoms with Gasteiger partial charge in [-0.15, -0.1) is 6.58 Å². The third-order valence-corrected chi connectivity index (χ3v) is 5.06. The second kappa shape index (κ2) is 13.4. The molecule has 31 heavy (non-hydrogen) atoms. The van der Waals surface area contributed by atoms with E-state index < -0.39 is 18.0 Å². The summed E-state index contributed by atoms with van der Waals surface area (Å²) < 4.78 is 0. The minimum Gasteiger partial charge on any atom is -0.394 e. The summed E-state index contributed by atoms with van der Waals surface area (Å²) in [5, 5.41) is 25.0. The maximum Gasteiger partial charge on any atom is 0.224 e. The zero-order valence-electron chi connectivity index (χ0n) is 17.7. The molecular formula is C25H32N2O4. The molecule has 6 nitrogen and oxygen atoms in total. The highest BCUT2D eigenvalue weighted by atomic mass is 16.3. The van der Waals surface area contributed by atoms with Crippen molar-refractivity contribution in [2.24, 2.45) is 5.92 Å². The van der Waals surface area contributed by atoms with Gasteiger partial charge in [0, 0.05) is 6.42 Å². The molecule has 6 heteroatoms. The number of benzene rings is 2. The number of nitrogens with one attached hydrogen (secondary N) is 2. The minimum absolute atomic E-state index is 0.0212. The van der Waals surface area contributed by atoms with E-state index in [0.717, 1.165) is 11.1 Å². The number of allylic oxidation sites excluding steroid dienone is 1. The van der Waals surface area contributed by atoms with E-state index in [0.29, 0.717) is 19.3 Å². The molecule has 166 valence electrons. The van der Waals surface area contributed by atoms with Crippen molar-refractivity contribution >= 4 is 11.8 Å². The molecule has 0 aliphatic rings. The fourth-order valence-corrected chi connectivity index (χ4v) is 3.43. The van der Waals surface area contributed by atoms with Crippen molar-refractivity contribution in [2.45, 2.75) is 37.8 Å². The molecule has 2 rings (SSSR count). The van der Waals surface area contributed by atoms with E-state index in [1.807, 2.05) is 60.7 Å². The van der Waals surface area contributed by atoms with Gasteiger partial charge in [-0.2, -0.15) is 0 Å². The fraction of sp³-hybridized carbons (Fsp3) is 0.360. The van der Waals surface area contributed by atoms with Gasteiger partial charge in [0.1, 0.15) is 0 Å². The first-order valence-corrected chi connectivity index (χ1v) is 10.6. The topological polar surface area (TPSA) is 98.7 Å². The molecule has 0 aromatic heterocycles. The molecule has 0 aliphatic heterocycles. The predicted molar refractivity (Wildman–Crippen MR) is 121 cm³/mol. The van der Waals surface area contributed by atoms with E-state index in [-0.39, 0.29) is 31.4 Å². The fourth-order valence-electron chi connectivity index (χ4n) is 3.43. The quantitative estimate of drug-likeness (QED) is 0.370. The monoisotopic (exact) mass is 424 g/mol. The Bertz CT molecular complexity index is 811. The maximum atomic E-state index is 12.8. The number of carbonyl (C=O) groups is 2. The van der Waals surface area contributed by atoms with Crippen LogP contribution in [0.15, 0.2) is 73.3 Å². The largest absolute Gasteiger partial charge is 0.394 e. The van der Waals surface area contributed by atoms with Gasteiger partial charge < -0.3 is 20.8 Å². The van der Waals surface area contributed by atoms with E-state index in [9.17, 15) is 19.8 Å². The molecule has 2 amide bonds. The minimum atomic E-state index is -0.599. The van der Waals surface area contributed by atoms with Crippen LogP contribution in [-0.2, 0) is 22.4 Å². The van der Waals surface area contributed by atoms with Gasteiger partial charge in [-0.05, 0) is 30.4 Å². The van der Waals surface area contributed by atoms with Gasteiger partial charge in [-0.3, -0.25) is 9.59 Å². The first-order chi connectivity index (χ1) is 15.0. The summed E-state index contributed by atoms with van der Waals surface area (Å²) >= 11 is 0. The van der Waals surface area contributed by atoms with Gasteiger partial charge in [0.25, 0.3) is 0 Å². The highest BCUT2D eigenvalue weighted by Crippen LogP contribution is 2.12. The number of rotatable bonds is 13. The lowest BCUT2D eigenvalue weighted by molar-refractivity contribution is -0.131. The van der Waals surface area contributed by atoms with Crippen molar-refractivity contribution in [3.8, 4) is 0 Å². The molecule has 2 aromatic carbocycles. The van der Waals surface area contributed by atoms with Crippen molar-refractivity contribution in [2.75, 3.05) is 13.2 Å². The van der Waals surface area contributed by atoms with Crippen LogP contribution in [0, 0.1) is 5.92 Å². The summed E-state index contributed by atoms with van der Waals surface area (Å²) in [6.45, 7) is 3.30. The summed E-state index contributed by atoms with van der Waals surface area (Å²) in [6.07, 6.45) is 2.93. The second-order valence-electron chi connectivity index (χ2n) is 7.64. The van der Waals surface area contributed by atoms with Gasteiger partial charge in [0.15, 0.2) is 0 Å². The Hall–Kier alpha value is -2.96. The molecule has 0 saturated carbocycles. The molecule has 2 aromatic rings. The van der Waals surface area contributed by atoms with E-state index in [1.54, 1.807) is 6.08 Å². The summed E-state index contributed by atoms with van der Waals surface area (Å²) in [7, 11) is 0. The van der Waals surface area contributed by atoms with E-state index in [2.05, 4.69) is 17.2 Å². The van der Waals surface area contributed by atoms with Crippen molar-refractivity contribution in [1.82, 2.24) is 10.6 Å². The Kier molecular flexibility index (Phi) is 10.5. The molecular weight excluding hydrogens is 392 g/mol. The van der Waals surface area contributed by atoms with Crippen LogP contribution in [0.5, 0.6) is 0 Å². The zero-order valence-corrected chi connectivity index (χ0v) is 17.7. The molecule has 0 fully saturated rings. The van der Waals surface area contributed by atoms with E-state index >= 15 is 0 Å². The predicted octanol–water partition coefficient (Wildman–Crippen LogP) is 2.01. The first kappa shape index (κ1) is 24.3. The molecule has 0 bridgehead atoms. The van der Waals surface area contributed by atoms with Crippen molar-refractivity contribution in [1.29, 1.82) is 0 Å². The van der Waals surface area contributed by atoms with Gasteiger partial charge in [-0.1, -0.05) is 66.7 Å². The third-order valence-electron chi connectivity index (χ3n) is 5.06. The van der Waals surface area contributed by atoms with Crippen LogP contribution >= 0.6 is 0 Å². The van der Waals surface area contributed by atoms with Crippen LogP contribution in [0.1, 0.15) is 24.0 Å². The van der Waals surface area contributed by atoms with Crippen molar-refractivity contribution < 1.29 is 19.8 Å². The maximum absolute atomic E-state index is 12.8. The number of aliphatic hydroxyl groups excluding tert-OH is 2. The molecule has 0 saturated heterocycles. The molecule has 3 atom stereocenters. The smallest absolute Gasteiger partial charge is 0.224 e. The van der Waals surface area contributed by atoms with Crippen LogP contribution in [0.2, 0.25) is 0 Å². The Morgan fingerprint density at radius 1 is 0.839 bits per heavy atom. The zero-order chi connectivity index (χ0) is 22.5. The van der Waals surface area contributed by atoms with Crippen molar-refractivity contribution in [3.05, 3.63) is 84.4 Å². The Balaban J connectivity index is 1.92. The van der Waals surface area contributed by atoms with Gasteiger partial charge >= 0.3 is 0 Å². The number of hydrogen-bond acceptors (Lipinski definition) is 4. The molecule has 0 aliphatic carbocycles. The summed E-state index contributed by atoms with van der Waals surface area (Å²) in [6, 6.07) is 18.3. The standard InChI is InChI=1S/C25H32N2O4/c1-2-9-21(25(31)27-23(18-29)15-20-12-7-4-8-13-20)16-24(30)26-22(17-28)14-19-10-5-3-6-11-19/h2-8,10-13,21-23,28-29H,1,9,14-18H2,(H,26,30)(H,27,31)/t21-,22+,23-/m1/s1. The Labute approximate surface area is 184 Å². The first-order valence-electron chi connectivity index (χ1n) is 10.6. The highest BCUT2D eigenvalue weighted by Gasteiger charge is 2.24. The van der Waals surface area contributed by atoms with Crippen LogP contribution in [-0.4, -0.2) is 47.3 Å². The lowest BCUT2D eigenvalue weighted by atomic mass is 9.98. The van der Waals surface area contributed by atoms with Crippen LogP contribution < -0.4 is 10.6 Å².